The van der Waals surface area contributed by atoms with Gasteiger partial charge in [-0.15, -0.1) is 11.3 Å². The molecule has 0 radical (unpaired) electrons. The Morgan fingerprint density at radius 2 is 2.28 bits per heavy atom. The van der Waals surface area contributed by atoms with Crippen molar-refractivity contribution in [2.75, 3.05) is 20.1 Å². The van der Waals surface area contributed by atoms with E-state index in [4.69, 9.17) is 0 Å². The van der Waals surface area contributed by atoms with Crippen LogP contribution in [0.3, 0.4) is 0 Å². The number of hydrogen-bond donors (Lipinski definition) is 1. The highest BCUT2D eigenvalue weighted by Gasteiger charge is 2.31. The summed E-state index contributed by atoms with van der Waals surface area (Å²) >= 11 is 4.67. The monoisotopic (exact) mass is 352 g/mol. The van der Waals surface area contributed by atoms with Crippen LogP contribution < -0.4 is 5.32 Å². The molecule has 0 saturated carbocycles. The van der Waals surface area contributed by atoms with Gasteiger partial charge in [0, 0.05) is 19.1 Å². The van der Waals surface area contributed by atoms with Gasteiger partial charge in [-0.2, -0.15) is 4.31 Å². The van der Waals surface area contributed by atoms with Gasteiger partial charge in [0.15, 0.2) is 0 Å². The lowest BCUT2D eigenvalue weighted by atomic mass is 10.1. The van der Waals surface area contributed by atoms with E-state index >= 15 is 0 Å². The van der Waals surface area contributed by atoms with Crippen LogP contribution in [-0.2, 0) is 10.0 Å². The van der Waals surface area contributed by atoms with Crippen molar-refractivity contribution in [3.8, 4) is 0 Å². The summed E-state index contributed by atoms with van der Waals surface area (Å²) in [6, 6.07) is 2.01. The molecular formula is C11H17BrN2O2S2. The molecule has 1 saturated heterocycles. The molecule has 1 unspecified atom stereocenters. The lowest BCUT2D eigenvalue weighted by Crippen LogP contribution is -2.46. The van der Waals surface area contributed by atoms with Crippen molar-refractivity contribution in [2.24, 2.45) is 0 Å². The number of nitrogens with zero attached hydrogens (tertiary/aromatic N) is 1. The summed E-state index contributed by atoms with van der Waals surface area (Å²) in [5.74, 6) is 0. The number of sulfonamides is 1. The molecule has 1 aromatic heterocycles. The van der Waals surface area contributed by atoms with Crippen molar-refractivity contribution in [1.82, 2.24) is 9.62 Å². The fraction of sp³-hybridized carbons (Fsp3) is 0.636. The molecule has 4 nitrogen and oxygen atoms in total. The minimum atomic E-state index is -3.32. The number of halogens is 1. The average Bonchev–Trinajstić information content (AvgIpc) is 2.70. The predicted octanol–water partition coefficient (Wildman–Crippen LogP) is 2.19. The van der Waals surface area contributed by atoms with Gasteiger partial charge in [-0.05, 0) is 54.4 Å². The van der Waals surface area contributed by atoms with E-state index in [1.54, 1.807) is 10.4 Å². The van der Waals surface area contributed by atoms with E-state index in [1.165, 1.54) is 11.3 Å². The Labute approximate surface area is 121 Å². The summed E-state index contributed by atoms with van der Waals surface area (Å²) < 4.78 is 27.9. The number of hydrogen-bond acceptors (Lipinski definition) is 4. The van der Waals surface area contributed by atoms with Gasteiger partial charge >= 0.3 is 0 Å². The zero-order chi connectivity index (χ0) is 13.3. The molecule has 1 N–H and O–H groups in total. The lowest BCUT2D eigenvalue weighted by molar-refractivity contribution is 0.293. The number of thiophene rings is 1. The van der Waals surface area contributed by atoms with E-state index in [-0.39, 0.29) is 6.04 Å². The number of rotatable bonds is 3. The minimum Gasteiger partial charge on any atom is -0.316 e. The second-order valence-corrected chi connectivity index (χ2v) is 9.05. The van der Waals surface area contributed by atoms with Crippen LogP contribution in [0, 0.1) is 6.92 Å². The SMILES string of the molecule is CNC1CCCN(S(=O)(=O)c2cc(C)c(Br)s2)C1. The maximum Gasteiger partial charge on any atom is 0.252 e. The molecule has 0 spiro atoms. The summed E-state index contributed by atoms with van der Waals surface area (Å²) in [6.07, 6.45) is 1.95. The molecule has 1 aromatic rings. The number of nitrogens with one attached hydrogen (secondary N) is 1. The van der Waals surface area contributed by atoms with Crippen LogP contribution in [0.5, 0.6) is 0 Å². The van der Waals surface area contributed by atoms with Gasteiger partial charge < -0.3 is 5.32 Å². The van der Waals surface area contributed by atoms with Crippen molar-refractivity contribution in [3.63, 3.8) is 0 Å². The molecule has 1 atom stereocenters. The van der Waals surface area contributed by atoms with Gasteiger partial charge in [0.25, 0.3) is 10.0 Å². The van der Waals surface area contributed by atoms with Crippen LogP contribution in [0.4, 0.5) is 0 Å². The van der Waals surface area contributed by atoms with E-state index in [0.717, 1.165) is 22.2 Å². The van der Waals surface area contributed by atoms with E-state index in [1.807, 2.05) is 14.0 Å². The van der Waals surface area contributed by atoms with Crippen LogP contribution in [0.25, 0.3) is 0 Å². The van der Waals surface area contributed by atoms with E-state index in [9.17, 15) is 8.42 Å². The molecule has 1 aliphatic rings. The highest BCUT2D eigenvalue weighted by molar-refractivity contribution is 9.11. The standard InChI is InChI=1S/C11H17BrN2O2S2/c1-8-6-10(17-11(8)12)18(15,16)14-5-3-4-9(7-14)13-2/h6,9,13H,3-5,7H2,1-2H3. The lowest BCUT2D eigenvalue weighted by Gasteiger charge is -2.31. The van der Waals surface area contributed by atoms with Crippen molar-refractivity contribution < 1.29 is 8.42 Å². The molecule has 2 heterocycles. The minimum absolute atomic E-state index is 0.262. The zero-order valence-electron chi connectivity index (χ0n) is 10.4. The van der Waals surface area contributed by atoms with Crippen LogP contribution in [0.2, 0.25) is 0 Å². The normalized spacial score (nSPS) is 22.3. The summed E-state index contributed by atoms with van der Waals surface area (Å²) in [4.78, 5) is 0. The third-order valence-corrected chi connectivity index (χ3v) is 7.67. The van der Waals surface area contributed by atoms with Crippen LogP contribution >= 0.6 is 27.3 Å². The molecule has 0 bridgehead atoms. The predicted molar refractivity (Wildman–Crippen MR) is 77.6 cm³/mol. The topological polar surface area (TPSA) is 49.4 Å². The molecule has 0 amide bonds. The van der Waals surface area contributed by atoms with Gasteiger partial charge in [-0.25, -0.2) is 8.42 Å². The fourth-order valence-corrected chi connectivity index (χ4v) is 5.99. The molecular weight excluding hydrogens is 336 g/mol. The maximum absolute atomic E-state index is 12.5. The highest BCUT2D eigenvalue weighted by Crippen LogP contribution is 2.33. The van der Waals surface area contributed by atoms with E-state index in [2.05, 4.69) is 21.2 Å². The van der Waals surface area contributed by atoms with Gasteiger partial charge in [0.2, 0.25) is 0 Å². The van der Waals surface area contributed by atoms with Crippen LogP contribution in [-0.4, -0.2) is 38.9 Å². The van der Waals surface area contributed by atoms with Crippen LogP contribution in [0.15, 0.2) is 14.1 Å². The van der Waals surface area contributed by atoms with E-state index in [0.29, 0.717) is 17.3 Å². The molecule has 102 valence electrons. The summed E-state index contributed by atoms with van der Waals surface area (Å²) in [5, 5.41) is 3.16. The molecule has 1 fully saturated rings. The molecule has 18 heavy (non-hydrogen) atoms. The van der Waals surface area contributed by atoms with Gasteiger partial charge in [-0.3, -0.25) is 0 Å². The van der Waals surface area contributed by atoms with Gasteiger partial charge in [0.1, 0.15) is 4.21 Å². The molecule has 0 aliphatic carbocycles. The highest BCUT2D eigenvalue weighted by atomic mass is 79.9. The van der Waals surface area contributed by atoms with Gasteiger partial charge in [0.05, 0.1) is 3.79 Å². The largest absolute Gasteiger partial charge is 0.316 e. The fourth-order valence-electron chi connectivity index (χ4n) is 2.08. The van der Waals surface area contributed by atoms with Crippen molar-refractivity contribution >= 4 is 37.3 Å². The third kappa shape index (κ3) is 2.80. The number of likely N-dealkylation sites (N-methyl/N-ethyl adjacent to an activating group) is 1. The Kier molecular flexibility index (Phi) is 4.48. The first kappa shape index (κ1) is 14.5. The summed E-state index contributed by atoms with van der Waals surface area (Å²) in [6.45, 7) is 3.09. The number of aryl methyl sites for hydroxylation is 1. The Bertz CT molecular complexity index is 508. The summed E-state index contributed by atoms with van der Waals surface area (Å²) in [5.41, 5.74) is 0.973. The molecule has 2 rings (SSSR count). The average molecular weight is 353 g/mol. The van der Waals surface area contributed by atoms with Crippen molar-refractivity contribution in [1.29, 1.82) is 0 Å². The first-order valence-electron chi connectivity index (χ1n) is 5.88. The van der Waals surface area contributed by atoms with E-state index < -0.39 is 10.0 Å². The Hall–Kier alpha value is 0.0500. The smallest absolute Gasteiger partial charge is 0.252 e. The zero-order valence-corrected chi connectivity index (χ0v) is 13.7. The first-order valence-corrected chi connectivity index (χ1v) is 8.93. The second-order valence-electron chi connectivity index (χ2n) is 4.51. The first-order chi connectivity index (χ1) is 8.45. The van der Waals surface area contributed by atoms with Crippen molar-refractivity contribution in [3.05, 3.63) is 15.4 Å². The number of piperidine rings is 1. The summed E-state index contributed by atoms with van der Waals surface area (Å²) in [7, 11) is -1.44. The molecule has 1 aliphatic heterocycles. The Morgan fingerprint density at radius 3 is 2.83 bits per heavy atom. The Balaban J connectivity index is 2.25. The Morgan fingerprint density at radius 1 is 1.56 bits per heavy atom. The molecule has 0 aromatic carbocycles. The van der Waals surface area contributed by atoms with Crippen molar-refractivity contribution in [2.45, 2.75) is 30.0 Å². The second kappa shape index (κ2) is 5.58. The molecule has 7 heteroatoms. The quantitative estimate of drug-likeness (QED) is 0.906. The maximum atomic E-state index is 12.5. The van der Waals surface area contributed by atoms with Gasteiger partial charge in [-0.1, -0.05) is 0 Å². The van der Waals surface area contributed by atoms with Crippen LogP contribution in [0.1, 0.15) is 18.4 Å². The third-order valence-electron chi connectivity index (χ3n) is 3.22.